The summed E-state index contributed by atoms with van der Waals surface area (Å²) in [5.41, 5.74) is 3.32. The predicted molar refractivity (Wildman–Crippen MR) is 70.6 cm³/mol. The number of ether oxygens (including phenoxy) is 1. The molecular weight excluding hydrogens is 241 g/mol. The van der Waals surface area contributed by atoms with Crippen LogP contribution < -0.4 is 5.32 Å². The van der Waals surface area contributed by atoms with Crippen molar-refractivity contribution in [3.05, 3.63) is 76.8 Å². The Morgan fingerprint density at radius 1 is 1.11 bits per heavy atom. The van der Waals surface area contributed by atoms with Gasteiger partial charge >= 0.3 is 0 Å². The minimum atomic E-state index is -0.747. The van der Waals surface area contributed by atoms with Gasteiger partial charge in [-0.15, -0.1) is 0 Å². The normalized spacial score (nSPS) is 23.0. The molecule has 19 heavy (non-hydrogen) atoms. The lowest BCUT2D eigenvalue weighted by Gasteiger charge is -2.34. The lowest BCUT2D eigenvalue weighted by molar-refractivity contribution is 0.0314. The van der Waals surface area contributed by atoms with E-state index in [4.69, 9.17) is 4.74 Å². The van der Waals surface area contributed by atoms with Gasteiger partial charge in [0, 0.05) is 17.7 Å². The monoisotopic (exact) mass is 253 g/mol. The van der Waals surface area contributed by atoms with Gasteiger partial charge in [0.15, 0.2) is 0 Å². The minimum Gasteiger partial charge on any atom is -0.472 e. The second kappa shape index (κ2) is 3.68. The van der Waals surface area contributed by atoms with E-state index in [1.165, 1.54) is 11.6 Å². The fourth-order valence-electron chi connectivity index (χ4n) is 2.93. The molecule has 1 unspecified atom stereocenters. The lowest BCUT2D eigenvalue weighted by atomic mass is 9.89. The zero-order valence-corrected chi connectivity index (χ0v) is 10.2. The van der Waals surface area contributed by atoms with Crippen molar-refractivity contribution in [2.45, 2.75) is 12.3 Å². The van der Waals surface area contributed by atoms with Crippen molar-refractivity contribution in [2.75, 3.05) is 0 Å². The van der Waals surface area contributed by atoms with Gasteiger partial charge in [0.25, 0.3) is 0 Å². The molecule has 0 aromatic heterocycles. The Morgan fingerprint density at radius 2 is 2.00 bits per heavy atom. The lowest BCUT2D eigenvalue weighted by Crippen LogP contribution is -2.41. The number of rotatable bonds is 0. The molecule has 0 saturated carbocycles. The van der Waals surface area contributed by atoms with Crippen LogP contribution in [0.3, 0.4) is 0 Å². The Hall–Kier alpha value is -2.13. The zero-order chi connectivity index (χ0) is 12.9. The summed E-state index contributed by atoms with van der Waals surface area (Å²) in [6, 6.07) is 12.9. The van der Waals surface area contributed by atoms with E-state index in [-0.39, 0.29) is 5.82 Å². The number of benzene rings is 2. The third-order valence-corrected chi connectivity index (χ3v) is 3.81. The largest absolute Gasteiger partial charge is 0.472 e. The highest BCUT2D eigenvalue weighted by Crippen LogP contribution is 2.42. The molecule has 2 nitrogen and oxygen atoms in total. The zero-order valence-electron chi connectivity index (χ0n) is 10.2. The molecule has 2 aliphatic heterocycles. The highest BCUT2D eigenvalue weighted by Gasteiger charge is 2.44. The Labute approximate surface area is 110 Å². The number of nitrogens with one attached hydrogen (secondary N) is 1. The van der Waals surface area contributed by atoms with Gasteiger partial charge in [-0.2, -0.15) is 0 Å². The summed E-state index contributed by atoms with van der Waals surface area (Å²) >= 11 is 0. The van der Waals surface area contributed by atoms with E-state index in [0.717, 1.165) is 23.2 Å². The van der Waals surface area contributed by atoms with Crippen LogP contribution in [0.5, 0.6) is 0 Å². The molecule has 0 amide bonds. The van der Waals surface area contributed by atoms with Crippen LogP contribution in [0.25, 0.3) is 6.08 Å². The summed E-state index contributed by atoms with van der Waals surface area (Å²) in [4.78, 5) is 0. The van der Waals surface area contributed by atoms with Gasteiger partial charge in [0.2, 0.25) is 5.72 Å². The fourth-order valence-corrected chi connectivity index (χ4v) is 2.93. The van der Waals surface area contributed by atoms with Crippen LogP contribution in [-0.2, 0) is 17.0 Å². The van der Waals surface area contributed by atoms with Crippen LogP contribution in [-0.4, -0.2) is 0 Å². The third kappa shape index (κ3) is 1.39. The van der Waals surface area contributed by atoms with E-state index in [9.17, 15) is 4.39 Å². The number of halogens is 1. The standard InChI is InChI=1S/C16H12FNO/c17-13-6-5-11-7-8-19-16(15(11)9-13)14-4-2-1-3-12(14)10-18-16/h1-9,18H,10H2. The van der Waals surface area contributed by atoms with Crippen LogP contribution in [0.2, 0.25) is 0 Å². The summed E-state index contributed by atoms with van der Waals surface area (Å²) in [6.07, 6.45) is 3.54. The molecule has 0 aliphatic carbocycles. The Kier molecular flexibility index (Phi) is 2.09. The van der Waals surface area contributed by atoms with E-state index in [1.807, 2.05) is 24.3 Å². The Balaban J connectivity index is 2.00. The van der Waals surface area contributed by atoms with Crippen molar-refractivity contribution < 1.29 is 9.13 Å². The fraction of sp³-hybridized carbons (Fsp3) is 0.125. The van der Waals surface area contributed by atoms with Gasteiger partial charge < -0.3 is 4.74 Å². The Bertz CT molecular complexity index is 695. The van der Waals surface area contributed by atoms with E-state index >= 15 is 0 Å². The minimum absolute atomic E-state index is 0.247. The van der Waals surface area contributed by atoms with Crippen molar-refractivity contribution >= 4 is 6.08 Å². The second-order valence-corrected chi connectivity index (χ2v) is 4.84. The molecule has 94 valence electrons. The maximum Gasteiger partial charge on any atom is 0.213 e. The first kappa shape index (κ1) is 10.8. The van der Waals surface area contributed by atoms with Crippen LogP contribution in [0, 0.1) is 5.82 Å². The molecule has 1 atom stereocenters. The summed E-state index contributed by atoms with van der Waals surface area (Å²) in [5, 5.41) is 3.38. The molecule has 2 aromatic rings. The SMILES string of the molecule is Fc1ccc2c(c1)C1(NCc3ccccc31)OC=C2. The van der Waals surface area contributed by atoms with Gasteiger partial charge in [-0.25, -0.2) is 4.39 Å². The van der Waals surface area contributed by atoms with E-state index in [1.54, 1.807) is 18.4 Å². The van der Waals surface area contributed by atoms with Crippen LogP contribution in [0.4, 0.5) is 4.39 Å². The number of hydrogen-bond donors (Lipinski definition) is 1. The second-order valence-electron chi connectivity index (χ2n) is 4.84. The van der Waals surface area contributed by atoms with Gasteiger partial charge in [-0.05, 0) is 29.3 Å². The first-order chi connectivity index (χ1) is 9.29. The molecule has 0 bridgehead atoms. The smallest absolute Gasteiger partial charge is 0.213 e. The summed E-state index contributed by atoms with van der Waals surface area (Å²) in [7, 11) is 0. The van der Waals surface area contributed by atoms with Crippen molar-refractivity contribution in [1.29, 1.82) is 0 Å². The summed E-state index contributed by atoms with van der Waals surface area (Å²) in [6.45, 7) is 0.722. The molecule has 2 aliphatic rings. The topological polar surface area (TPSA) is 21.3 Å². The average Bonchev–Trinajstić information content (AvgIpc) is 2.80. The van der Waals surface area contributed by atoms with Gasteiger partial charge in [0.05, 0.1) is 6.26 Å². The summed E-state index contributed by atoms with van der Waals surface area (Å²) in [5.74, 6) is -0.247. The first-order valence-electron chi connectivity index (χ1n) is 6.27. The first-order valence-corrected chi connectivity index (χ1v) is 6.27. The summed E-state index contributed by atoms with van der Waals surface area (Å²) < 4.78 is 19.5. The number of hydrogen-bond acceptors (Lipinski definition) is 2. The Morgan fingerprint density at radius 3 is 2.95 bits per heavy atom. The molecule has 1 N–H and O–H groups in total. The van der Waals surface area contributed by atoms with E-state index in [0.29, 0.717) is 0 Å². The van der Waals surface area contributed by atoms with Crippen LogP contribution >= 0.6 is 0 Å². The molecule has 0 fully saturated rings. The maximum atomic E-state index is 13.6. The molecule has 0 radical (unpaired) electrons. The molecule has 3 heteroatoms. The molecule has 2 heterocycles. The third-order valence-electron chi connectivity index (χ3n) is 3.81. The van der Waals surface area contributed by atoms with Crippen LogP contribution in [0.15, 0.2) is 48.7 Å². The maximum absolute atomic E-state index is 13.6. The van der Waals surface area contributed by atoms with Gasteiger partial charge in [-0.1, -0.05) is 30.3 Å². The van der Waals surface area contributed by atoms with E-state index in [2.05, 4.69) is 11.4 Å². The van der Waals surface area contributed by atoms with E-state index < -0.39 is 5.72 Å². The molecule has 1 spiro atoms. The van der Waals surface area contributed by atoms with Gasteiger partial charge in [-0.3, -0.25) is 5.32 Å². The molecular formula is C16H12FNO. The highest BCUT2D eigenvalue weighted by atomic mass is 19.1. The quantitative estimate of drug-likeness (QED) is 0.778. The highest BCUT2D eigenvalue weighted by molar-refractivity contribution is 5.61. The average molecular weight is 253 g/mol. The molecule has 2 aromatic carbocycles. The van der Waals surface area contributed by atoms with Gasteiger partial charge in [0.1, 0.15) is 5.82 Å². The molecule has 0 saturated heterocycles. The molecule has 4 rings (SSSR count). The van der Waals surface area contributed by atoms with Crippen molar-refractivity contribution in [3.63, 3.8) is 0 Å². The van der Waals surface area contributed by atoms with Crippen molar-refractivity contribution in [3.8, 4) is 0 Å². The predicted octanol–water partition coefficient (Wildman–Crippen LogP) is 3.13. The van der Waals surface area contributed by atoms with Crippen molar-refractivity contribution in [2.24, 2.45) is 0 Å². The number of fused-ring (bicyclic) bond motifs is 4. The van der Waals surface area contributed by atoms with Crippen LogP contribution in [0.1, 0.15) is 22.3 Å². The van der Waals surface area contributed by atoms with Crippen molar-refractivity contribution in [1.82, 2.24) is 5.32 Å².